The van der Waals surface area contributed by atoms with E-state index in [1.165, 1.54) is 36.0 Å². The van der Waals surface area contributed by atoms with Gasteiger partial charge in [0.25, 0.3) is 0 Å². The van der Waals surface area contributed by atoms with Crippen LogP contribution in [0.2, 0.25) is 0 Å². The van der Waals surface area contributed by atoms with Gasteiger partial charge in [0.05, 0.1) is 0 Å². The van der Waals surface area contributed by atoms with Crippen LogP contribution in [0, 0.1) is 6.92 Å². The van der Waals surface area contributed by atoms with Crippen LogP contribution in [0.15, 0.2) is 24.3 Å². The van der Waals surface area contributed by atoms with E-state index in [1.807, 2.05) is 0 Å². The zero-order valence-corrected chi connectivity index (χ0v) is 12.6. The molecule has 0 radical (unpaired) electrons. The molecule has 104 valence electrons. The molecule has 2 rings (SSSR count). The first-order valence-electron chi connectivity index (χ1n) is 7.75. The highest BCUT2D eigenvalue weighted by Gasteiger charge is 2.20. The van der Waals surface area contributed by atoms with Crippen LogP contribution in [0.25, 0.3) is 6.08 Å². The van der Waals surface area contributed by atoms with E-state index in [2.05, 4.69) is 56.4 Å². The number of rotatable bonds is 5. The van der Waals surface area contributed by atoms with Gasteiger partial charge in [-0.25, -0.2) is 0 Å². The van der Waals surface area contributed by atoms with Gasteiger partial charge in [-0.1, -0.05) is 44.2 Å². The Morgan fingerprint density at radius 1 is 1.21 bits per heavy atom. The van der Waals surface area contributed by atoms with Gasteiger partial charge in [-0.15, -0.1) is 0 Å². The van der Waals surface area contributed by atoms with E-state index in [4.69, 9.17) is 0 Å². The summed E-state index contributed by atoms with van der Waals surface area (Å²) in [5, 5.41) is 3.71. The van der Waals surface area contributed by atoms with Crippen LogP contribution in [0.3, 0.4) is 0 Å². The summed E-state index contributed by atoms with van der Waals surface area (Å²) in [7, 11) is 0. The highest BCUT2D eigenvalue weighted by atomic mass is 15.0. The zero-order chi connectivity index (χ0) is 13.7. The average molecular weight is 257 g/mol. The van der Waals surface area contributed by atoms with Crippen molar-refractivity contribution in [2.24, 2.45) is 0 Å². The molecule has 1 heteroatoms. The fourth-order valence-electron chi connectivity index (χ4n) is 2.95. The van der Waals surface area contributed by atoms with Crippen molar-refractivity contribution in [3.05, 3.63) is 41.0 Å². The number of aryl methyl sites for hydroxylation is 2. The highest BCUT2D eigenvalue weighted by Crippen LogP contribution is 2.18. The molecule has 1 heterocycles. The molecule has 1 nitrogen and oxygen atoms in total. The molecule has 0 saturated carbocycles. The van der Waals surface area contributed by atoms with Crippen molar-refractivity contribution in [2.75, 3.05) is 0 Å². The Balaban J connectivity index is 1.89. The summed E-state index contributed by atoms with van der Waals surface area (Å²) in [5.74, 6) is 0. The smallest absolute Gasteiger partial charge is 0.0105 e. The van der Waals surface area contributed by atoms with Crippen molar-refractivity contribution in [1.29, 1.82) is 0 Å². The first kappa shape index (κ1) is 14.3. The molecule has 1 saturated heterocycles. The van der Waals surface area contributed by atoms with E-state index in [0.29, 0.717) is 6.04 Å². The predicted octanol–water partition coefficient (Wildman–Crippen LogP) is 4.49. The van der Waals surface area contributed by atoms with Crippen LogP contribution >= 0.6 is 0 Å². The van der Waals surface area contributed by atoms with E-state index in [9.17, 15) is 0 Å². The van der Waals surface area contributed by atoms with Gasteiger partial charge in [0.1, 0.15) is 0 Å². The van der Waals surface area contributed by atoms with Gasteiger partial charge in [0.15, 0.2) is 0 Å². The molecule has 1 aliphatic rings. The standard InChI is InChI=1S/C18H27N/c1-4-16-13-15(10-9-14(16)3)7-6-8-18-12-11-17(5-2)19-18/h6-7,9-10,13,17-19H,4-5,8,11-12H2,1-3H3/b7-6-. The van der Waals surface area contributed by atoms with Crippen molar-refractivity contribution >= 4 is 6.08 Å². The lowest BCUT2D eigenvalue weighted by Gasteiger charge is -2.10. The lowest BCUT2D eigenvalue weighted by atomic mass is 10.0. The number of hydrogen-bond acceptors (Lipinski definition) is 1. The molecule has 1 fully saturated rings. The van der Waals surface area contributed by atoms with Crippen LogP contribution in [0.1, 0.15) is 56.2 Å². The van der Waals surface area contributed by atoms with E-state index in [-0.39, 0.29) is 0 Å². The number of nitrogens with one attached hydrogen (secondary N) is 1. The monoisotopic (exact) mass is 257 g/mol. The molecule has 1 aliphatic heterocycles. The summed E-state index contributed by atoms with van der Waals surface area (Å²) in [6, 6.07) is 8.23. The van der Waals surface area contributed by atoms with E-state index in [0.717, 1.165) is 18.9 Å². The van der Waals surface area contributed by atoms with Crippen LogP contribution in [0.4, 0.5) is 0 Å². The normalized spacial score (nSPS) is 23.3. The van der Waals surface area contributed by atoms with E-state index < -0.39 is 0 Å². The molecule has 1 aromatic rings. The first-order valence-corrected chi connectivity index (χ1v) is 7.75. The molecule has 2 atom stereocenters. The highest BCUT2D eigenvalue weighted by molar-refractivity contribution is 5.51. The Morgan fingerprint density at radius 2 is 2.00 bits per heavy atom. The topological polar surface area (TPSA) is 12.0 Å². The van der Waals surface area contributed by atoms with Crippen LogP contribution in [-0.4, -0.2) is 12.1 Å². The third-order valence-electron chi connectivity index (χ3n) is 4.31. The third kappa shape index (κ3) is 3.94. The number of benzene rings is 1. The van der Waals surface area contributed by atoms with Crippen LogP contribution in [-0.2, 0) is 6.42 Å². The molecule has 0 spiro atoms. The molecule has 1 N–H and O–H groups in total. The summed E-state index contributed by atoms with van der Waals surface area (Å²) in [6.45, 7) is 6.69. The summed E-state index contributed by atoms with van der Waals surface area (Å²) in [5.41, 5.74) is 4.21. The second kappa shape index (κ2) is 6.91. The average Bonchev–Trinajstić information content (AvgIpc) is 2.88. The van der Waals surface area contributed by atoms with E-state index >= 15 is 0 Å². The Labute approximate surface area is 118 Å². The maximum absolute atomic E-state index is 3.71. The quantitative estimate of drug-likeness (QED) is 0.819. The molecule has 2 unspecified atom stereocenters. The molecule has 0 aliphatic carbocycles. The summed E-state index contributed by atoms with van der Waals surface area (Å²) >= 11 is 0. The Bertz CT molecular complexity index is 433. The van der Waals surface area contributed by atoms with Crippen molar-refractivity contribution in [1.82, 2.24) is 5.32 Å². The third-order valence-corrected chi connectivity index (χ3v) is 4.31. The Kier molecular flexibility index (Phi) is 5.21. The summed E-state index contributed by atoms with van der Waals surface area (Å²) in [6.07, 6.45) is 10.8. The summed E-state index contributed by atoms with van der Waals surface area (Å²) in [4.78, 5) is 0. The molecule has 0 bridgehead atoms. The van der Waals surface area contributed by atoms with Gasteiger partial charge in [-0.3, -0.25) is 0 Å². The molecule has 0 amide bonds. The van der Waals surface area contributed by atoms with Gasteiger partial charge >= 0.3 is 0 Å². The number of hydrogen-bond donors (Lipinski definition) is 1. The fourth-order valence-corrected chi connectivity index (χ4v) is 2.95. The van der Waals surface area contributed by atoms with Gasteiger partial charge in [0.2, 0.25) is 0 Å². The SMILES string of the molecule is CCc1cc(/C=C\CC2CCC(CC)N2)ccc1C. The summed E-state index contributed by atoms with van der Waals surface area (Å²) < 4.78 is 0. The second-order valence-electron chi connectivity index (χ2n) is 5.72. The van der Waals surface area contributed by atoms with E-state index in [1.54, 1.807) is 0 Å². The predicted molar refractivity (Wildman–Crippen MR) is 84.4 cm³/mol. The fraction of sp³-hybridized carbons (Fsp3) is 0.556. The lowest BCUT2D eigenvalue weighted by Crippen LogP contribution is -2.28. The van der Waals surface area contributed by atoms with Crippen LogP contribution in [0.5, 0.6) is 0 Å². The lowest BCUT2D eigenvalue weighted by molar-refractivity contribution is 0.529. The van der Waals surface area contributed by atoms with Crippen molar-refractivity contribution in [2.45, 2.75) is 65.0 Å². The van der Waals surface area contributed by atoms with Crippen molar-refractivity contribution in [3.8, 4) is 0 Å². The Morgan fingerprint density at radius 3 is 2.68 bits per heavy atom. The van der Waals surface area contributed by atoms with Crippen molar-refractivity contribution < 1.29 is 0 Å². The van der Waals surface area contributed by atoms with Gasteiger partial charge in [0, 0.05) is 12.1 Å². The van der Waals surface area contributed by atoms with Gasteiger partial charge in [-0.05, 0) is 55.7 Å². The molecule has 1 aromatic carbocycles. The maximum Gasteiger partial charge on any atom is 0.0105 e. The molecular formula is C18H27N. The molecule has 19 heavy (non-hydrogen) atoms. The van der Waals surface area contributed by atoms with Gasteiger partial charge in [-0.2, -0.15) is 0 Å². The minimum Gasteiger partial charge on any atom is -0.311 e. The largest absolute Gasteiger partial charge is 0.311 e. The maximum atomic E-state index is 3.71. The zero-order valence-electron chi connectivity index (χ0n) is 12.6. The van der Waals surface area contributed by atoms with Crippen LogP contribution < -0.4 is 5.32 Å². The Hall–Kier alpha value is -1.08. The minimum atomic E-state index is 0.692. The second-order valence-corrected chi connectivity index (χ2v) is 5.72. The van der Waals surface area contributed by atoms with Crippen molar-refractivity contribution in [3.63, 3.8) is 0 Å². The molecular weight excluding hydrogens is 230 g/mol. The van der Waals surface area contributed by atoms with Gasteiger partial charge < -0.3 is 5.32 Å². The molecule has 0 aromatic heterocycles. The first-order chi connectivity index (χ1) is 9.22. The minimum absolute atomic E-state index is 0.692.